The molecule has 2 atom stereocenters. The molecule has 1 aliphatic heterocycles. The van der Waals surface area contributed by atoms with Crippen LogP contribution in [0.1, 0.15) is 25.3 Å². The second-order valence-corrected chi connectivity index (χ2v) is 5.01. The van der Waals surface area contributed by atoms with E-state index in [1.54, 1.807) is 24.3 Å². The van der Waals surface area contributed by atoms with Gasteiger partial charge in [0, 0.05) is 25.4 Å². The number of nitrogens with zero attached hydrogens (tertiary/aromatic N) is 1. The number of rotatable bonds is 5. The fourth-order valence-corrected chi connectivity index (χ4v) is 2.48. The molecule has 2 rings (SSSR count). The normalized spacial score (nSPS) is 18.2. The first-order valence-corrected chi connectivity index (χ1v) is 7.03. The third-order valence-corrected chi connectivity index (χ3v) is 3.50. The van der Waals surface area contributed by atoms with Crippen LogP contribution in [0.4, 0.5) is 10.5 Å². The van der Waals surface area contributed by atoms with Gasteiger partial charge in [0.25, 0.3) is 0 Å². The Bertz CT molecular complexity index is 532. The van der Waals surface area contributed by atoms with Crippen molar-refractivity contribution in [2.24, 2.45) is 0 Å². The third kappa shape index (κ3) is 3.33. The summed E-state index contributed by atoms with van der Waals surface area (Å²) in [6.07, 6.45) is -0.0768. The van der Waals surface area contributed by atoms with Crippen molar-refractivity contribution in [3.63, 3.8) is 0 Å². The number of carbonyl (C=O) groups excluding carboxylic acids is 1. The number of para-hydroxylation sites is 1. The standard InChI is InChI=1S/C15H20N2O4/c1-3-21-10(2)8-16-15(20)17-9-12(14(18)19)11-6-4-5-7-13(11)17/h4-7,10,12H,3,8-9H2,1-2H3,(H,16,20)(H,18,19). The fraction of sp³-hybridized carbons (Fsp3) is 0.467. The van der Waals surface area contributed by atoms with E-state index in [-0.39, 0.29) is 18.7 Å². The van der Waals surface area contributed by atoms with Crippen molar-refractivity contribution in [3.8, 4) is 0 Å². The topological polar surface area (TPSA) is 78.9 Å². The molecule has 0 saturated heterocycles. The van der Waals surface area contributed by atoms with Crippen LogP contribution < -0.4 is 10.2 Å². The molecule has 114 valence electrons. The zero-order chi connectivity index (χ0) is 15.4. The molecule has 0 radical (unpaired) electrons. The van der Waals surface area contributed by atoms with E-state index < -0.39 is 11.9 Å². The summed E-state index contributed by atoms with van der Waals surface area (Å²) >= 11 is 0. The molecule has 21 heavy (non-hydrogen) atoms. The van der Waals surface area contributed by atoms with Gasteiger partial charge in [-0.3, -0.25) is 9.69 Å². The zero-order valence-corrected chi connectivity index (χ0v) is 12.2. The second-order valence-electron chi connectivity index (χ2n) is 5.01. The molecular weight excluding hydrogens is 272 g/mol. The van der Waals surface area contributed by atoms with Crippen LogP contribution in [0.3, 0.4) is 0 Å². The SMILES string of the molecule is CCOC(C)CNC(=O)N1CC(C(=O)O)c2ccccc21. The van der Waals surface area contributed by atoms with Crippen molar-refractivity contribution in [1.29, 1.82) is 0 Å². The molecular formula is C15H20N2O4. The van der Waals surface area contributed by atoms with Crippen LogP contribution in [-0.2, 0) is 9.53 Å². The highest BCUT2D eigenvalue weighted by molar-refractivity contribution is 5.98. The maximum Gasteiger partial charge on any atom is 0.322 e. The van der Waals surface area contributed by atoms with E-state index in [1.165, 1.54) is 4.90 Å². The summed E-state index contributed by atoms with van der Waals surface area (Å²) in [4.78, 5) is 25.0. The predicted molar refractivity (Wildman–Crippen MR) is 78.7 cm³/mol. The van der Waals surface area contributed by atoms with Gasteiger partial charge in [-0.15, -0.1) is 0 Å². The summed E-state index contributed by atoms with van der Waals surface area (Å²) in [6, 6.07) is 6.81. The zero-order valence-electron chi connectivity index (χ0n) is 12.2. The number of carboxylic acid groups (broad SMARTS) is 1. The van der Waals surface area contributed by atoms with Crippen molar-refractivity contribution >= 4 is 17.7 Å². The van der Waals surface area contributed by atoms with Gasteiger partial charge < -0.3 is 15.2 Å². The van der Waals surface area contributed by atoms with E-state index in [4.69, 9.17) is 4.74 Å². The molecule has 1 heterocycles. The van der Waals surface area contributed by atoms with Crippen LogP contribution in [-0.4, -0.2) is 42.9 Å². The maximum atomic E-state index is 12.3. The first-order chi connectivity index (χ1) is 10.0. The Morgan fingerprint density at radius 3 is 2.86 bits per heavy atom. The molecule has 2 N–H and O–H groups in total. The monoisotopic (exact) mass is 292 g/mol. The van der Waals surface area contributed by atoms with Crippen molar-refractivity contribution in [1.82, 2.24) is 5.32 Å². The van der Waals surface area contributed by atoms with Crippen molar-refractivity contribution in [2.45, 2.75) is 25.9 Å². The Morgan fingerprint density at radius 2 is 2.19 bits per heavy atom. The summed E-state index contributed by atoms with van der Waals surface area (Å²) < 4.78 is 5.36. The van der Waals surface area contributed by atoms with Crippen molar-refractivity contribution in [2.75, 3.05) is 24.6 Å². The van der Waals surface area contributed by atoms with E-state index in [9.17, 15) is 14.7 Å². The van der Waals surface area contributed by atoms with Crippen molar-refractivity contribution < 1.29 is 19.4 Å². The highest BCUT2D eigenvalue weighted by Crippen LogP contribution is 2.36. The molecule has 0 fully saturated rings. The number of carboxylic acids is 1. The quantitative estimate of drug-likeness (QED) is 0.867. The summed E-state index contributed by atoms with van der Waals surface area (Å²) in [5.41, 5.74) is 1.34. The van der Waals surface area contributed by atoms with Crippen LogP contribution in [0.25, 0.3) is 0 Å². The number of hydrogen-bond donors (Lipinski definition) is 2. The lowest BCUT2D eigenvalue weighted by Gasteiger charge is -2.20. The van der Waals surface area contributed by atoms with E-state index in [1.807, 2.05) is 13.8 Å². The molecule has 6 heteroatoms. The molecule has 6 nitrogen and oxygen atoms in total. The Hall–Kier alpha value is -2.08. The number of hydrogen-bond acceptors (Lipinski definition) is 3. The lowest BCUT2D eigenvalue weighted by atomic mass is 10.0. The molecule has 1 aromatic carbocycles. The average molecular weight is 292 g/mol. The molecule has 2 amide bonds. The summed E-state index contributed by atoms with van der Waals surface area (Å²) in [5, 5.41) is 12.0. The van der Waals surface area contributed by atoms with E-state index in [0.717, 1.165) is 0 Å². The van der Waals surface area contributed by atoms with E-state index >= 15 is 0 Å². The van der Waals surface area contributed by atoms with Crippen LogP contribution in [0.5, 0.6) is 0 Å². The molecule has 1 aromatic rings. The highest BCUT2D eigenvalue weighted by atomic mass is 16.5. The number of aliphatic carboxylic acids is 1. The lowest BCUT2D eigenvalue weighted by Crippen LogP contribution is -2.42. The molecule has 0 aromatic heterocycles. The van der Waals surface area contributed by atoms with Gasteiger partial charge in [0.05, 0.1) is 6.10 Å². The van der Waals surface area contributed by atoms with Gasteiger partial charge in [0.15, 0.2) is 0 Å². The fourth-order valence-electron chi connectivity index (χ4n) is 2.48. The summed E-state index contributed by atoms with van der Waals surface area (Å²) in [6.45, 7) is 4.91. The van der Waals surface area contributed by atoms with Crippen molar-refractivity contribution in [3.05, 3.63) is 29.8 Å². The van der Waals surface area contributed by atoms with Crippen LogP contribution in [0.2, 0.25) is 0 Å². The molecule has 0 spiro atoms. The van der Waals surface area contributed by atoms with E-state index in [0.29, 0.717) is 24.4 Å². The number of fused-ring (bicyclic) bond motifs is 1. The minimum atomic E-state index is -0.916. The number of anilines is 1. The number of carbonyl (C=O) groups is 2. The Balaban J connectivity index is 2.07. The molecule has 1 aliphatic rings. The first kappa shape index (κ1) is 15.3. The van der Waals surface area contributed by atoms with Gasteiger partial charge in [0.2, 0.25) is 0 Å². The van der Waals surface area contributed by atoms with Gasteiger partial charge in [-0.25, -0.2) is 4.79 Å². The minimum Gasteiger partial charge on any atom is -0.481 e. The molecule has 2 unspecified atom stereocenters. The molecule has 0 saturated carbocycles. The largest absolute Gasteiger partial charge is 0.481 e. The Labute approximate surface area is 123 Å². The second kappa shape index (κ2) is 6.58. The summed E-state index contributed by atoms with van der Waals surface area (Å²) in [5.74, 6) is -1.59. The third-order valence-electron chi connectivity index (χ3n) is 3.50. The van der Waals surface area contributed by atoms with Crippen LogP contribution in [0.15, 0.2) is 24.3 Å². The van der Waals surface area contributed by atoms with E-state index in [2.05, 4.69) is 5.32 Å². The molecule has 0 aliphatic carbocycles. The smallest absolute Gasteiger partial charge is 0.322 e. The number of benzene rings is 1. The van der Waals surface area contributed by atoms with Gasteiger partial charge in [-0.1, -0.05) is 18.2 Å². The number of ether oxygens (including phenoxy) is 1. The number of nitrogens with one attached hydrogen (secondary N) is 1. The molecule has 0 bridgehead atoms. The Morgan fingerprint density at radius 1 is 1.48 bits per heavy atom. The first-order valence-electron chi connectivity index (χ1n) is 7.03. The van der Waals surface area contributed by atoms with Gasteiger partial charge in [0.1, 0.15) is 5.92 Å². The maximum absolute atomic E-state index is 12.3. The van der Waals surface area contributed by atoms with Crippen LogP contribution in [0, 0.1) is 0 Å². The van der Waals surface area contributed by atoms with Gasteiger partial charge >= 0.3 is 12.0 Å². The number of amides is 2. The number of urea groups is 1. The minimum absolute atomic E-state index is 0.0768. The summed E-state index contributed by atoms with van der Waals surface area (Å²) in [7, 11) is 0. The van der Waals surface area contributed by atoms with Gasteiger partial charge in [-0.05, 0) is 25.5 Å². The Kier molecular flexibility index (Phi) is 4.80. The van der Waals surface area contributed by atoms with Gasteiger partial charge in [-0.2, -0.15) is 0 Å². The highest BCUT2D eigenvalue weighted by Gasteiger charge is 2.36. The lowest BCUT2D eigenvalue weighted by molar-refractivity contribution is -0.138. The average Bonchev–Trinajstić information content (AvgIpc) is 2.85. The van der Waals surface area contributed by atoms with Crippen LogP contribution >= 0.6 is 0 Å². The predicted octanol–water partition coefficient (Wildman–Crippen LogP) is 1.81.